The lowest BCUT2D eigenvalue weighted by Crippen LogP contribution is -2.36. The summed E-state index contributed by atoms with van der Waals surface area (Å²) in [6.45, 7) is 11.6. The molecule has 0 aliphatic heterocycles. The molecule has 2 N–H and O–H groups in total. The Morgan fingerprint density at radius 2 is 2.05 bits per heavy atom. The van der Waals surface area contributed by atoms with E-state index >= 15 is 0 Å². The van der Waals surface area contributed by atoms with Gasteiger partial charge in [-0.3, -0.25) is 0 Å². The predicted molar refractivity (Wildman–Crippen MR) is 92.4 cm³/mol. The molecule has 2 rings (SSSR count). The number of hydrogen-bond donors (Lipinski definition) is 2. The quantitative estimate of drug-likeness (QED) is 0.823. The van der Waals surface area contributed by atoms with Crippen LogP contribution in [0.5, 0.6) is 0 Å². The lowest BCUT2D eigenvalue weighted by Gasteiger charge is -2.27. The van der Waals surface area contributed by atoms with Gasteiger partial charge in [-0.1, -0.05) is 6.07 Å². The van der Waals surface area contributed by atoms with E-state index in [1.165, 1.54) is 11.1 Å². The van der Waals surface area contributed by atoms with E-state index in [2.05, 4.69) is 57.1 Å². The van der Waals surface area contributed by atoms with Gasteiger partial charge in [0.2, 0.25) is 0 Å². The van der Waals surface area contributed by atoms with Crippen LogP contribution in [0.4, 0.5) is 0 Å². The molecule has 1 unspecified atom stereocenters. The number of aromatic nitrogens is 2. The van der Waals surface area contributed by atoms with Gasteiger partial charge in [-0.15, -0.1) is 0 Å². The fourth-order valence-electron chi connectivity index (χ4n) is 2.81. The molecule has 0 spiro atoms. The van der Waals surface area contributed by atoms with E-state index in [0.717, 1.165) is 36.2 Å². The molecule has 122 valence electrons. The summed E-state index contributed by atoms with van der Waals surface area (Å²) in [5.74, 6) is 1.05. The van der Waals surface area contributed by atoms with Gasteiger partial charge in [0.15, 0.2) is 0 Å². The third kappa shape index (κ3) is 4.08. The molecule has 1 heterocycles. The zero-order chi connectivity index (χ0) is 16.3. The van der Waals surface area contributed by atoms with Crippen molar-refractivity contribution in [2.75, 3.05) is 13.7 Å². The minimum atomic E-state index is -0.0829. The maximum absolute atomic E-state index is 5.48. The lowest BCUT2D eigenvalue weighted by atomic mass is 10.00. The molecule has 0 fully saturated rings. The SMILES string of the molecule is COC(C)(C)CC(C)NCCc1nc2c(C)c(C)ccc2[nH]1. The summed E-state index contributed by atoms with van der Waals surface area (Å²) in [4.78, 5) is 8.16. The molecule has 1 aromatic heterocycles. The van der Waals surface area contributed by atoms with Crippen LogP contribution in [-0.2, 0) is 11.2 Å². The van der Waals surface area contributed by atoms with Gasteiger partial charge in [0, 0.05) is 26.1 Å². The van der Waals surface area contributed by atoms with E-state index in [-0.39, 0.29) is 5.60 Å². The van der Waals surface area contributed by atoms with E-state index < -0.39 is 0 Å². The molecule has 0 saturated heterocycles. The number of aryl methyl sites for hydroxylation is 2. The fraction of sp³-hybridized carbons (Fsp3) is 0.611. The molecule has 0 amide bonds. The summed E-state index contributed by atoms with van der Waals surface area (Å²) in [6.07, 6.45) is 1.90. The first-order chi connectivity index (χ1) is 10.3. The van der Waals surface area contributed by atoms with Crippen molar-refractivity contribution in [3.05, 3.63) is 29.1 Å². The van der Waals surface area contributed by atoms with Gasteiger partial charge in [0.1, 0.15) is 5.82 Å². The Bertz CT molecular complexity index is 631. The van der Waals surface area contributed by atoms with Crippen LogP contribution in [0.1, 0.15) is 44.1 Å². The number of ether oxygens (including phenoxy) is 1. The van der Waals surface area contributed by atoms with Crippen molar-refractivity contribution in [3.63, 3.8) is 0 Å². The highest BCUT2D eigenvalue weighted by Crippen LogP contribution is 2.19. The second kappa shape index (κ2) is 6.80. The molecule has 0 aliphatic carbocycles. The average molecular weight is 303 g/mol. The molecular weight excluding hydrogens is 274 g/mol. The van der Waals surface area contributed by atoms with Gasteiger partial charge >= 0.3 is 0 Å². The van der Waals surface area contributed by atoms with Crippen LogP contribution in [0.3, 0.4) is 0 Å². The van der Waals surface area contributed by atoms with Gasteiger partial charge in [-0.05, 0) is 58.2 Å². The number of hydrogen-bond acceptors (Lipinski definition) is 3. The Morgan fingerprint density at radius 3 is 2.73 bits per heavy atom. The van der Waals surface area contributed by atoms with Crippen molar-refractivity contribution in [3.8, 4) is 0 Å². The fourth-order valence-corrected chi connectivity index (χ4v) is 2.81. The molecule has 22 heavy (non-hydrogen) atoms. The highest BCUT2D eigenvalue weighted by molar-refractivity contribution is 5.79. The zero-order valence-electron chi connectivity index (χ0n) is 14.7. The number of nitrogens with one attached hydrogen (secondary N) is 2. The van der Waals surface area contributed by atoms with Gasteiger partial charge < -0.3 is 15.0 Å². The third-order valence-corrected chi connectivity index (χ3v) is 4.43. The Morgan fingerprint density at radius 1 is 1.32 bits per heavy atom. The lowest BCUT2D eigenvalue weighted by molar-refractivity contribution is 0.00864. The van der Waals surface area contributed by atoms with Crippen molar-refractivity contribution in [2.24, 2.45) is 0 Å². The van der Waals surface area contributed by atoms with Crippen LogP contribution in [0, 0.1) is 13.8 Å². The maximum atomic E-state index is 5.48. The molecule has 0 saturated carbocycles. The summed E-state index contributed by atoms with van der Waals surface area (Å²) in [7, 11) is 1.77. The smallest absolute Gasteiger partial charge is 0.108 e. The van der Waals surface area contributed by atoms with Crippen molar-refractivity contribution in [2.45, 2.75) is 59.1 Å². The topological polar surface area (TPSA) is 49.9 Å². The molecule has 0 aliphatic rings. The van der Waals surface area contributed by atoms with Gasteiger partial charge in [-0.25, -0.2) is 4.98 Å². The Hall–Kier alpha value is -1.39. The summed E-state index contributed by atoms with van der Waals surface area (Å²) in [5.41, 5.74) is 4.71. The van der Waals surface area contributed by atoms with E-state index in [4.69, 9.17) is 9.72 Å². The van der Waals surface area contributed by atoms with Crippen molar-refractivity contribution in [1.82, 2.24) is 15.3 Å². The van der Waals surface area contributed by atoms with E-state index in [1.54, 1.807) is 7.11 Å². The molecule has 1 aromatic carbocycles. The largest absolute Gasteiger partial charge is 0.379 e. The third-order valence-electron chi connectivity index (χ3n) is 4.43. The normalized spacial score (nSPS) is 13.7. The highest BCUT2D eigenvalue weighted by Gasteiger charge is 2.19. The van der Waals surface area contributed by atoms with Crippen LogP contribution in [0.25, 0.3) is 11.0 Å². The van der Waals surface area contributed by atoms with Crippen molar-refractivity contribution in [1.29, 1.82) is 0 Å². The molecular formula is C18H29N3O. The summed E-state index contributed by atoms with van der Waals surface area (Å²) in [6, 6.07) is 4.68. The van der Waals surface area contributed by atoms with Gasteiger partial charge in [0.05, 0.1) is 16.6 Å². The number of fused-ring (bicyclic) bond motifs is 1. The summed E-state index contributed by atoms with van der Waals surface area (Å²) in [5, 5.41) is 3.55. The number of nitrogens with zero attached hydrogens (tertiary/aromatic N) is 1. The van der Waals surface area contributed by atoms with Crippen molar-refractivity contribution < 1.29 is 4.74 Å². The molecule has 1 atom stereocenters. The first-order valence-electron chi connectivity index (χ1n) is 8.06. The first-order valence-corrected chi connectivity index (χ1v) is 8.06. The highest BCUT2D eigenvalue weighted by atomic mass is 16.5. The molecule has 0 radical (unpaired) electrons. The number of aromatic amines is 1. The summed E-state index contributed by atoms with van der Waals surface area (Å²) >= 11 is 0. The number of rotatable bonds is 7. The van der Waals surface area contributed by atoms with E-state index in [1.807, 2.05) is 0 Å². The van der Waals surface area contributed by atoms with Gasteiger partial charge in [-0.2, -0.15) is 0 Å². The van der Waals surface area contributed by atoms with Crippen LogP contribution >= 0.6 is 0 Å². The van der Waals surface area contributed by atoms with E-state index in [0.29, 0.717) is 6.04 Å². The van der Waals surface area contributed by atoms with Crippen LogP contribution < -0.4 is 5.32 Å². The minimum Gasteiger partial charge on any atom is -0.379 e. The number of imidazole rings is 1. The van der Waals surface area contributed by atoms with E-state index in [9.17, 15) is 0 Å². The van der Waals surface area contributed by atoms with Gasteiger partial charge in [0.25, 0.3) is 0 Å². The minimum absolute atomic E-state index is 0.0829. The number of methoxy groups -OCH3 is 1. The molecule has 0 bridgehead atoms. The standard InChI is InChI=1S/C18H29N3O/c1-12-7-8-15-17(14(12)3)21-16(20-15)9-10-19-13(2)11-18(4,5)22-6/h7-8,13,19H,9-11H2,1-6H3,(H,20,21). The van der Waals surface area contributed by atoms with Crippen LogP contribution in [-0.4, -0.2) is 35.3 Å². The van der Waals surface area contributed by atoms with Crippen LogP contribution in [0.2, 0.25) is 0 Å². The molecule has 2 aromatic rings. The second-order valence-electron chi connectivity index (χ2n) is 6.86. The average Bonchev–Trinajstić information content (AvgIpc) is 2.86. The second-order valence-corrected chi connectivity index (χ2v) is 6.86. The Balaban J connectivity index is 1.91. The Kier molecular flexibility index (Phi) is 5.24. The maximum Gasteiger partial charge on any atom is 0.108 e. The number of benzene rings is 1. The predicted octanol–water partition coefficient (Wildman–Crippen LogP) is 3.52. The molecule has 4 heteroatoms. The number of H-pyrrole nitrogens is 1. The first kappa shape index (κ1) is 17.0. The molecule has 4 nitrogen and oxygen atoms in total. The monoisotopic (exact) mass is 303 g/mol. The van der Waals surface area contributed by atoms with Crippen LogP contribution in [0.15, 0.2) is 12.1 Å². The Labute approximate surface area is 133 Å². The van der Waals surface area contributed by atoms with Crippen molar-refractivity contribution >= 4 is 11.0 Å². The summed E-state index contributed by atoms with van der Waals surface area (Å²) < 4.78 is 5.48. The zero-order valence-corrected chi connectivity index (χ0v) is 14.7.